The van der Waals surface area contributed by atoms with E-state index in [1.165, 1.54) is 0 Å². The van der Waals surface area contributed by atoms with Crippen molar-refractivity contribution in [2.45, 2.75) is 151 Å². The number of hydrogen-bond donors (Lipinski definition) is 6. The third-order valence-corrected chi connectivity index (χ3v) is 18.6. The fourth-order valence-electron chi connectivity index (χ4n) is 14.1. The molecule has 0 radical (unpaired) electrons. The molecule has 4 amide bonds. The number of ether oxygens (including phenoxy) is 6. The highest BCUT2D eigenvalue weighted by Gasteiger charge is 3.03. The zero-order chi connectivity index (χ0) is 50.1. The van der Waals surface area contributed by atoms with E-state index in [1.54, 1.807) is 55.5 Å². The molecule has 15 atom stereocenters. The first-order valence-electron chi connectivity index (χ1n) is 25.3. The molecule has 6 saturated heterocycles. The zero-order valence-electron chi connectivity index (χ0n) is 40.6. The van der Waals surface area contributed by atoms with Gasteiger partial charge in [-0.3, -0.25) is 14.4 Å². The van der Waals surface area contributed by atoms with Gasteiger partial charge in [-0.15, -0.1) is 0 Å². The lowest BCUT2D eigenvalue weighted by Crippen LogP contribution is -2.67. The average molecular weight is 1000 g/mol. The number of urea groups is 1. The minimum Gasteiger partial charge on any atom is -0.459 e. The number of benzene rings is 2. The molecular formula is C52H66N4O14S. The predicted molar refractivity (Wildman–Crippen MR) is 254 cm³/mol. The molecule has 2 aliphatic carbocycles. The standard InChI is InChI=1S/C52H66N4O14S/c1-28-33(13-10-16-38(58)54-22-24-65-23-21-53-37(57)15-9-8-14-34-39-32(27-71-34)55-47(63)56-39)67-42-41(60)50-36-25-35(48(2,3)4)49(50)43(44(61)69-46(49)70-52(50,45(62)68-36)51(28,42)64)66-26-29-17-19-31(20-18-29)40(59)30-11-6-5-7-12-30/h5-7,11-12,17-20,28,32-36,39,41-43,46,60,64H,8-10,13-16,21-27H2,1-4H3,(H,53,57)(H,54,58)(H2,55,56,63)/t28-,32+,33?,34+,35+,36-,39+,41+,42+,43+,46+,49+,50+,51-,52-/m1/s1. The summed E-state index contributed by atoms with van der Waals surface area (Å²) in [7, 11) is 0. The van der Waals surface area contributed by atoms with Crippen LogP contribution >= 0.6 is 11.8 Å². The Kier molecular flexibility index (Phi) is 13.4. The molecule has 1 unspecified atom stereocenters. The molecule has 0 aromatic heterocycles. The molecule has 71 heavy (non-hydrogen) atoms. The number of fused-ring (bicyclic) bond motifs is 2. The van der Waals surface area contributed by atoms with Gasteiger partial charge >= 0.3 is 18.0 Å². The Labute approximate surface area is 417 Å². The summed E-state index contributed by atoms with van der Waals surface area (Å²) in [5.41, 5.74) is -6.34. The van der Waals surface area contributed by atoms with Gasteiger partial charge in [0.2, 0.25) is 23.7 Å². The minimum absolute atomic E-state index is 0.0410. The van der Waals surface area contributed by atoms with Crippen LogP contribution in [-0.2, 0) is 54.2 Å². The Bertz CT molecular complexity index is 2410. The second-order valence-corrected chi connectivity index (χ2v) is 23.0. The van der Waals surface area contributed by atoms with Crippen molar-refractivity contribution >= 4 is 47.3 Å². The van der Waals surface area contributed by atoms with Crippen LogP contribution in [0.4, 0.5) is 4.79 Å². The lowest BCUT2D eigenvalue weighted by atomic mass is 9.50. The first-order valence-corrected chi connectivity index (χ1v) is 26.3. The second-order valence-electron chi connectivity index (χ2n) is 21.7. The SMILES string of the molecule is C[C@@H]1C(CCCC(=O)NCCOCCNC(=O)CCCC[C@@H]2SC[C@@H]3NC(=O)N[C@@H]32)O[C@H]2[C@H](O)[C@@]34[C@H]5C[C@@H](C(C)(C)C)[C@]36[C@@H](OC(=O)[C@@H]6OCc3ccc(C(=O)c6ccccc6)cc3)O[C@@]4(C(=O)O5)[C@@]12O. The summed E-state index contributed by atoms with van der Waals surface area (Å²) in [6.45, 7) is 8.89. The van der Waals surface area contributed by atoms with Crippen LogP contribution < -0.4 is 21.3 Å². The van der Waals surface area contributed by atoms with E-state index in [-0.39, 0.29) is 68.3 Å². The third kappa shape index (κ3) is 7.72. The summed E-state index contributed by atoms with van der Waals surface area (Å²) in [5.74, 6) is -2.28. The van der Waals surface area contributed by atoms with Gasteiger partial charge in [-0.05, 0) is 49.0 Å². The van der Waals surface area contributed by atoms with Crippen LogP contribution in [-0.4, -0.2) is 143 Å². The van der Waals surface area contributed by atoms with Crippen LogP contribution in [0.1, 0.15) is 101 Å². The molecule has 2 aromatic rings. The second kappa shape index (κ2) is 19.0. The number of aliphatic hydroxyl groups is 2. The molecule has 10 rings (SSSR count). The van der Waals surface area contributed by atoms with Crippen molar-refractivity contribution in [3.8, 4) is 0 Å². The van der Waals surface area contributed by atoms with Crippen molar-refractivity contribution in [3.63, 3.8) is 0 Å². The van der Waals surface area contributed by atoms with E-state index in [9.17, 15) is 39.0 Å². The fourth-order valence-corrected chi connectivity index (χ4v) is 15.6. The van der Waals surface area contributed by atoms with E-state index in [0.29, 0.717) is 54.4 Å². The average Bonchev–Trinajstić information content (AvgIpc) is 4.20. The fraction of sp³-hybridized carbons (Fsp3) is 0.654. The van der Waals surface area contributed by atoms with Crippen molar-refractivity contribution in [3.05, 3.63) is 71.3 Å². The number of esters is 2. The number of ketones is 1. The maximum Gasteiger partial charge on any atom is 0.342 e. The van der Waals surface area contributed by atoms with Gasteiger partial charge in [-0.1, -0.05) is 88.7 Å². The van der Waals surface area contributed by atoms with Gasteiger partial charge < -0.3 is 59.9 Å². The number of carbonyl (C=O) groups is 6. The molecule has 18 nitrogen and oxygen atoms in total. The van der Waals surface area contributed by atoms with E-state index in [1.807, 2.05) is 38.6 Å². The summed E-state index contributed by atoms with van der Waals surface area (Å²) >= 11 is 1.86. The number of rotatable bonds is 20. The van der Waals surface area contributed by atoms with Gasteiger partial charge in [0.25, 0.3) is 0 Å². The molecule has 2 spiro atoms. The number of unbranched alkanes of at least 4 members (excludes halogenated alkanes) is 1. The highest BCUT2D eigenvalue weighted by Crippen LogP contribution is 2.85. The Balaban J connectivity index is 0.724. The molecule has 19 heteroatoms. The smallest absolute Gasteiger partial charge is 0.342 e. The molecule has 2 saturated carbocycles. The van der Waals surface area contributed by atoms with E-state index >= 15 is 0 Å². The molecule has 384 valence electrons. The molecule has 8 aliphatic rings. The van der Waals surface area contributed by atoms with Gasteiger partial charge in [-0.25, -0.2) is 14.4 Å². The Morgan fingerprint density at radius 2 is 1.58 bits per heavy atom. The quantitative estimate of drug-likeness (QED) is 0.0483. The molecule has 6 aliphatic heterocycles. The Hall–Kier alpha value is -4.63. The third-order valence-electron chi connectivity index (χ3n) is 17.1. The maximum atomic E-state index is 14.6. The summed E-state index contributed by atoms with van der Waals surface area (Å²) in [6, 6.07) is 16.1. The van der Waals surface area contributed by atoms with Crippen molar-refractivity contribution in [1.29, 1.82) is 0 Å². The lowest BCUT2D eigenvalue weighted by molar-refractivity contribution is -0.240. The molecule has 8 fully saturated rings. The first-order chi connectivity index (χ1) is 34.0. The molecule has 2 aromatic carbocycles. The van der Waals surface area contributed by atoms with E-state index in [0.717, 1.165) is 25.0 Å². The predicted octanol–water partition coefficient (Wildman–Crippen LogP) is 3.07. The zero-order valence-corrected chi connectivity index (χ0v) is 41.5. The number of amides is 4. The first kappa shape index (κ1) is 49.9. The summed E-state index contributed by atoms with van der Waals surface area (Å²) in [4.78, 5) is 78.7. The monoisotopic (exact) mass is 1000 g/mol. The topological polar surface area (TPSA) is 246 Å². The van der Waals surface area contributed by atoms with E-state index in [2.05, 4.69) is 21.3 Å². The van der Waals surface area contributed by atoms with Crippen LogP contribution in [0.25, 0.3) is 0 Å². The Morgan fingerprint density at radius 3 is 2.28 bits per heavy atom. The summed E-state index contributed by atoms with van der Waals surface area (Å²) in [5, 5.41) is 38.1. The van der Waals surface area contributed by atoms with Crippen LogP contribution in [0.15, 0.2) is 54.6 Å². The van der Waals surface area contributed by atoms with Crippen LogP contribution in [0, 0.1) is 28.1 Å². The van der Waals surface area contributed by atoms with E-state index < -0.39 is 88.0 Å². The van der Waals surface area contributed by atoms with Gasteiger partial charge in [0.1, 0.15) is 17.8 Å². The van der Waals surface area contributed by atoms with Gasteiger partial charge in [-0.2, -0.15) is 11.8 Å². The highest BCUT2D eigenvalue weighted by atomic mass is 32.2. The van der Waals surface area contributed by atoms with Gasteiger partial charge in [0.15, 0.2) is 11.9 Å². The normalized spacial score (nSPS) is 37.9. The molecular weight excluding hydrogens is 937 g/mol. The summed E-state index contributed by atoms with van der Waals surface area (Å²) in [6.07, 6.45) is -3.05. The largest absolute Gasteiger partial charge is 0.459 e. The van der Waals surface area contributed by atoms with Gasteiger partial charge in [0.05, 0.1) is 54.9 Å². The van der Waals surface area contributed by atoms with Crippen LogP contribution in [0.5, 0.6) is 0 Å². The van der Waals surface area contributed by atoms with Crippen molar-refractivity contribution < 1.29 is 67.4 Å². The minimum atomic E-state index is -2.18. The van der Waals surface area contributed by atoms with E-state index in [4.69, 9.17) is 28.4 Å². The number of carbonyl (C=O) groups excluding carboxylic acids is 6. The summed E-state index contributed by atoms with van der Waals surface area (Å²) < 4.78 is 37.8. The molecule has 0 bridgehead atoms. The van der Waals surface area contributed by atoms with Crippen molar-refractivity contribution in [2.24, 2.45) is 28.1 Å². The van der Waals surface area contributed by atoms with Crippen LogP contribution in [0.2, 0.25) is 0 Å². The maximum absolute atomic E-state index is 14.6. The van der Waals surface area contributed by atoms with Crippen molar-refractivity contribution in [2.75, 3.05) is 32.1 Å². The lowest BCUT2D eigenvalue weighted by Gasteiger charge is -2.49. The molecule has 6 N–H and O–H groups in total. The van der Waals surface area contributed by atoms with Crippen molar-refractivity contribution in [1.82, 2.24) is 21.3 Å². The highest BCUT2D eigenvalue weighted by molar-refractivity contribution is 8.00. The Morgan fingerprint density at radius 1 is 0.887 bits per heavy atom. The molecule has 6 heterocycles. The van der Waals surface area contributed by atoms with Gasteiger partial charge in [0, 0.05) is 54.0 Å². The number of hydrogen-bond acceptors (Lipinski definition) is 15. The number of nitrogens with one attached hydrogen (secondary N) is 4. The van der Waals surface area contributed by atoms with Crippen LogP contribution in [0.3, 0.4) is 0 Å². The number of aliphatic hydroxyl groups excluding tert-OH is 1. The number of thioether (sulfide) groups is 1.